The van der Waals surface area contributed by atoms with Gasteiger partial charge in [0, 0.05) is 37.1 Å². The third-order valence-electron chi connectivity index (χ3n) is 7.63. The standard InChI is InChI=1S/C33H39N5O/c1-33(2,3)25-16-14-23(15-17-25)22-10-12-24(13-11-22)31(39)34-26-18-20-27(21-19-26)35-32-36-29-9-7-6-8-28(29)30(37-32)38(4)5/h6-17,26-27H,18-21H2,1-5H3,(H,34,39)(H,35,36,37). The normalized spacial score (nSPS) is 17.6. The Labute approximate surface area is 231 Å². The summed E-state index contributed by atoms with van der Waals surface area (Å²) in [6, 6.07) is 25.2. The van der Waals surface area contributed by atoms with Gasteiger partial charge in [-0.3, -0.25) is 4.79 Å². The second kappa shape index (κ2) is 11.0. The Hall–Kier alpha value is -3.93. The van der Waals surface area contributed by atoms with Crippen molar-refractivity contribution in [2.45, 2.75) is 64.0 Å². The molecule has 1 saturated carbocycles. The second-order valence-corrected chi connectivity index (χ2v) is 11.9. The van der Waals surface area contributed by atoms with E-state index < -0.39 is 0 Å². The van der Waals surface area contributed by atoms with Gasteiger partial charge < -0.3 is 15.5 Å². The highest BCUT2D eigenvalue weighted by molar-refractivity contribution is 5.95. The van der Waals surface area contributed by atoms with Gasteiger partial charge in [-0.2, -0.15) is 4.98 Å². The van der Waals surface area contributed by atoms with Gasteiger partial charge in [-0.25, -0.2) is 4.98 Å². The van der Waals surface area contributed by atoms with Gasteiger partial charge in [0.15, 0.2) is 0 Å². The van der Waals surface area contributed by atoms with Crippen LogP contribution in [-0.2, 0) is 5.41 Å². The van der Waals surface area contributed by atoms with Crippen LogP contribution in [0.1, 0.15) is 62.4 Å². The summed E-state index contributed by atoms with van der Waals surface area (Å²) < 4.78 is 0. The molecule has 3 aromatic carbocycles. The molecule has 1 heterocycles. The van der Waals surface area contributed by atoms with Crippen molar-refractivity contribution in [3.05, 3.63) is 83.9 Å². The van der Waals surface area contributed by atoms with Crippen LogP contribution in [0.5, 0.6) is 0 Å². The lowest BCUT2D eigenvalue weighted by Gasteiger charge is -2.30. The highest BCUT2D eigenvalue weighted by Gasteiger charge is 2.24. The number of aromatic nitrogens is 2. The fourth-order valence-electron chi connectivity index (χ4n) is 5.28. The van der Waals surface area contributed by atoms with Gasteiger partial charge in [0.1, 0.15) is 5.82 Å². The van der Waals surface area contributed by atoms with Crippen molar-refractivity contribution < 1.29 is 4.79 Å². The van der Waals surface area contributed by atoms with Crippen LogP contribution in [0.2, 0.25) is 0 Å². The monoisotopic (exact) mass is 521 g/mol. The van der Waals surface area contributed by atoms with Gasteiger partial charge >= 0.3 is 0 Å². The molecule has 39 heavy (non-hydrogen) atoms. The molecule has 0 spiro atoms. The van der Waals surface area contributed by atoms with E-state index in [9.17, 15) is 4.79 Å². The van der Waals surface area contributed by atoms with Crippen molar-refractivity contribution in [3.8, 4) is 11.1 Å². The highest BCUT2D eigenvalue weighted by atomic mass is 16.1. The maximum Gasteiger partial charge on any atom is 0.251 e. The maximum absolute atomic E-state index is 13.0. The molecule has 1 aliphatic carbocycles. The molecule has 0 saturated heterocycles. The van der Waals surface area contributed by atoms with E-state index in [2.05, 4.69) is 61.7 Å². The third kappa shape index (κ3) is 6.22. The van der Waals surface area contributed by atoms with E-state index in [1.54, 1.807) is 0 Å². The number of hydrogen-bond acceptors (Lipinski definition) is 5. The summed E-state index contributed by atoms with van der Waals surface area (Å²) in [5.74, 6) is 1.57. The molecule has 1 aliphatic rings. The van der Waals surface area contributed by atoms with Crippen molar-refractivity contribution in [1.82, 2.24) is 15.3 Å². The van der Waals surface area contributed by atoms with Gasteiger partial charge in [-0.1, -0.05) is 69.3 Å². The number of rotatable bonds is 6. The Morgan fingerprint density at radius 2 is 1.38 bits per heavy atom. The summed E-state index contributed by atoms with van der Waals surface area (Å²) in [5.41, 5.74) is 5.37. The number of para-hydroxylation sites is 1. The van der Waals surface area contributed by atoms with Crippen LogP contribution < -0.4 is 15.5 Å². The van der Waals surface area contributed by atoms with E-state index in [4.69, 9.17) is 9.97 Å². The van der Waals surface area contributed by atoms with Gasteiger partial charge in [0.25, 0.3) is 5.91 Å². The van der Waals surface area contributed by atoms with Crippen LogP contribution in [0, 0.1) is 0 Å². The minimum absolute atomic E-state index is 0.00507. The Balaban J connectivity index is 1.16. The second-order valence-electron chi connectivity index (χ2n) is 11.9. The molecule has 0 radical (unpaired) electrons. The van der Waals surface area contributed by atoms with E-state index in [0.29, 0.717) is 17.6 Å². The summed E-state index contributed by atoms with van der Waals surface area (Å²) in [6.07, 6.45) is 3.77. The van der Waals surface area contributed by atoms with Crippen molar-refractivity contribution in [2.24, 2.45) is 0 Å². The first kappa shape index (κ1) is 26.7. The fourth-order valence-corrected chi connectivity index (χ4v) is 5.28. The van der Waals surface area contributed by atoms with Gasteiger partial charge in [0.05, 0.1) is 5.52 Å². The number of anilines is 2. The zero-order valence-corrected chi connectivity index (χ0v) is 23.7. The van der Waals surface area contributed by atoms with Crippen molar-refractivity contribution in [1.29, 1.82) is 0 Å². The van der Waals surface area contributed by atoms with Crippen LogP contribution in [0.4, 0.5) is 11.8 Å². The molecule has 1 amide bonds. The van der Waals surface area contributed by atoms with Crippen LogP contribution in [-0.4, -0.2) is 42.1 Å². The average Bonchev–Trinajstić information content (AvgIpc) is 2.93. The molecule has 4 aromatic rings. The number of fused-ring (bicyclic) bond motifs is 1. The Bertz CT molecular complexity index is 1430. The quantitative estimate of drug-likeness (QED) is 0.292. The molecule has 0 unspecified atom stereocenters. The smallest absolute Gasteiger partial charge is 0.251 e. The molecule has 5 rings (SSSR count). The van der Waals surface area contributed by atoms with Crippen LogP contribution in [0.15, 0.2) is 72.8 Å². The Kier molecular flexibility index (Phi) is 7.56. The number of amides is 1. The van der Waals surface area contributed by atoms with Crippen LogP contribution >= 0.6 is 0 Å². The molecular weight excluding hydrogens is 482 g/mol. The highest BCUT2D eigenvalue weighted by Crippen LogP contribution is 2.28. The summed E-state index contributed by atoms with van der Waals surface area (Å²) in [4.78, 5) is 24.5. The molecule has 6 nitrogen and oxygen atoms in total. The minimum atomic E-state index is -0.00507. The summed E-state index contributed by atoms with van der Waals surface area (Å²) in [5, 5.41) is 7.84. The number of benzene rings is 3. The fraction of sp³-hybridized carbons (Fsp3) is 0.364. The topological polar surface area (TPSA) is 70.2 Å². The predicted molar refractivity (Wildman–Crippen MR) is 162 cm³/mol. The molecular formula is C33H39N5O. The van der Waals surface area contributed by atoms with E-state index in [-0.39, 0.29) is 17.4 Å². The van der Waals surface area contributed by atoms with E-state index in [1.807, 2.05) is 61.5 Å². The maximum atomic E-state index is 13.0. The minimum Gasteiger partial charge on any atom is -0.362 e. The average molecular weight is 522 g/mol. The number of nitrogens with zero attached hydrogens (tertiary/aromatic N) is 3. The van der Waals surface area contributed by atoms with Gasteiger partial charge in [-0.05, 0) is 72.1 Å². The molecule has 6 heteroatoms. The van der Waals surface area contributed by atoms with E-state index in [0.717, 1.165) is 53.5 Å². The predicted octanol–water partition coefficient (Wildman–Crippen LogP) is 6.81. The Morgan fingerprint density at radius 3 is 2.00 bits per heavy atom. The molecule has 0 aliphatic heterocycles. The lowest BCUT2D eigenvalue weighted by Crippen LogP contribution is -2.40. The number of carbonyl (C=O) groups excluding carboxylic acids is 1. The molecule has 0 atom stereocenters. The summed E-state index contributed by atoms with van der Waals surface area (Å²) in [7, 11) is 4.01. The molecule has 0 bridgehead atoms. The lowest BCUT2D eigenvalue weighted by atomic mass is 9.86. The lowest BCUT2D eigenvalue weighted by molar-refractivity contribution is 0.0926. The number of hydrogen-bond donors (Lipinski definition) is 2. The van der Waals surface area contributed by atoms with Gasteiger partial charge in [-0.15, -0.1) is 0 Å². The van der Waals surface area contributed by atoms with Crippen molar-refractivity contribution in [2.75, 3.05) is 24.3 Å². The Morgan fingerprint density at radius 1 is 0.795 bits per heavy atom. The summed E-state index contributed by atoms with van der Waals surface area (Å²) >= 11 is 0. The first-order valence-electron chi connectivity index (χ1n) is 13.9. The van der Waals surface area contributed by atoms with Crippen molar-refractivity contribution >= 4 is 28.6 Å². The van der Waals surface area contributed by atoms with Crippen molar-refractivity contribution in [3.63, 3.8) is 0 Å². The number of nitrogens with one attached hydrogen (secondary N) is 2. The first-order valence-corrected chi connectivity index (χ1v) is 13.9. The zero-order valence-electron chi connectivity index (χ0n) is 23.7. The van der Waals surface area contributed by atoms with Crippen LogP contribution in [0.25, 0.3) is 22.0 Å². The summed E-state index contributed by atoms with van der Waals surface area (Å²) in [6.45, 7) is 6.66. The molecule has 1 aromatic heterocycles. The first-order chi connectivity index (χ1) is 18.7. The van der Waals surface area contributed by atoms with E-state index in [1.165, 1.54) is 5.56 Å². The molecule has 202 valence electrons. The largest absolute Gasteiger partial charge is 0.362 e. The zero-order chi connectivity index (χ0) is 27.6. The molecule has 2 N–H and O–H groups in total. The third-order valence-corrected chi connectivity index (χ3v) is 7.63. The van der Waals surface area contributed by atoms with Crippen LogP contribution in [0.3, 0.4) is 0 Å². The van der Waals surface area contributed by atoms with Gasteiger partial charge in [0.2, 0.25) is 5.95 Å². The SMILES string of the molecule is CN(C)c1nc(NC2CCC(NC(=O)c3ccc(-c4ccc(C(C)(C)C)cc4)cc3)CC2)nc2ccccc12. The number of carbonyl (C=O) groups is 1. The van der Waals surface area contributed by atoms with E-state index >= 15 is 0 Å². The molecule has 1 fully saturated rings.